The summed E-state index contributed by atoms with van der Waals surface area (Å²) < 4.78 is 0. The monoisotopic (exact) mass is 342 g/mol. The molecular formula is C18H18N2OS2. The highest BCUT2D eigenvalue weighted by Crippen LogP contribution is 2.30. The second kappa shape index (κ2) is 6.64. The smallest absolute Gasteiger partial charge is 0.275 e. The summed E-state index contributed by atoms with van der Waals surface area (Å²) in [5, 5.41) is 7.76. The van der Waals surface area contributed by atoms with Gasteiger partial charge >= 0.3 is 0 Å². The summed E-state index contributed by atoms with van der Waals surface area (Å²) >= 11 is 3.13. The Bertz CT molecular complexity index is 819. The Hall–Kier alpha value is -1.98. The molecule has 0 aliphatic carbocycles. The number of benzene rings is 1. The fraction of sp³-hybridized carbons (Fsp3) is 0.222. The lowest BCUT2D eigenvalue weighted by Crippen LogP contribution is -2.15. The van der Waals surface area contributed by atoms with Gasteiger partial charge in [-0.15, -0.1) is 22.7 Å². The maximum absolute atomic E-state index is 12.6. The lowest BCUT2D eigenvalue weighted by atomic mass is 9.98. The standard InChI is InChI=1S/C18H18N2OS2/c1-11(2)13-7-4-6-12(3)16(13)20-17(21)14-10-23-18(19-14)15-8-5-9-22-15/h4-11H,1-3H3,(H,20,21). The van der Waals surface area contributed by atoms with Gasteiger partial charge in [-0.05, 0) is 35.4 Å². The maximum atomic E-state index is 12.6. The van der Waals surface area contributed by atoms with Crippen LogP contribution < -0.4 is 5.32 Å². The van der Waals surface area contributed by atoms with Crippen molar-refractivity contribution in [3.63, 3.8) is 0 Å². The maximum Gasteiger partial charge on any atom is 0.275 e. The van der Waals surface area contributed by atoms with Gasteiger partial charge in [0, 0.05) is 11.1 Å². The fourth-order valence-corrected chi connectivity index (χ4v) is 4.03. The minimum atomic E-state index is -0.153. The predicted molar refractivity (Wildman–Crippen MR) is 98.6 cm³/mol. The Morgan fingerprint density at radius 3 is 2.70 bits per heavy atom. The Kier molecular flexibility index (Phi) is 4.59. The highest BCUT2D eigenvalue weighted by molar-refractivity contribution is 7.20. The van der Waals surface area contributed by atoms with E-state index in [0.717, 1.165) is 26.7 Å². The third-order valence-corrected chi connectivity index (χ3v) is 5.52. The van der Waals surface area contributed by atoms with Gasteiger partial charge in [0.05, 0.1) is 4.88 Å². The lowest BCUT2D eigenvalue weighted by Gasteiger charge is -2.15. The molecule has 0 spiro atoms. The van der Waals surface area contributed by atoms with Crippen molar-refractivity contribution < 1.29 is 4.79 Å². The third-order valence-electron chi connectivity index (χ3n) is 3.63. The number of aromatic nitrogens is 1. The van der Waals surface area contributed by atoms with Gasteiger partial charge in [0.25, 0.3) is 5.91 Å². The number of rotatable bonds is 4. The van der Waals surface area contributed by atoms with Crippen LogP contribution in [-0.4, -0.2) is 10.9 Å². The van der Waals surface area contributed by atoms with Crippen LogP contribution >= 0.6 is 22.7 Å². The molecule has 1 N–H and O–H groups in total. The predicted octanol–water partition coefficient (Wildman–Crippen LogP) is 5.56. The topological polar surface area (TPSA) is 42.0 Å². The third kappa shape index (κ3) is 3.35. The molecule has 0 saturated heterocycles. The van der Waals surface area contributed by atoms with Crippen molar-refractivity contribution in [3.8, 4) is 9.88 Å². The minimum absolute atomic E-state index is 0.153. The average molecular weight is 342 g/mol. The molecule has 2 aromatic heterocycles. The van der Waals surface area contributed by atoms with E-state index in [4.69, 9.17) is 0 Å². The molecule has 1 amide bonds. The van der Waals surface area contributed by atoms with Crippen LogP contribution in [0.2, 0.25) is 0 Å². The van der Waals surface area contributed by atoms with Gasteiger partial charge in [-0.3, -0.25) is 4.79 Å². The molecule has 0 radical (unpaired) electrons. The molecule has 1 aromatic carbocycles. The van der Waals surface area contributed by atoms with Crippen LogP contribution in [-0.2, 0) is 0 Å². The van der Waals surface area contributed by atoms with Gasteiger partial charge in [0.1, 0.15) is 10.7 Å². The van der Waals surface area contributed by atoms with Crippen LogP contribution in [0.4, 0.5) is 5.69 Å². The van der Waals surface area contributed by atoms with E-state index in [1.165, 1.54) is 11.3 Å². The van der Waals surface area contributed by atoms with E-state index in [-0.39, 0.29) is 5.91 Å². The number of para-hydroxylation sites is 1. The van der Waals surface area contributed by atoms with Crippen molar-refractivity contribution in [3.05, 3.63) is 57.9 Å². The number of carbonyl (C=O) groups excluding carboxylic acids is 1. The molecular weight excluding hydrogens is 324 g/mol. The molecule has 23 heavy (non-hydrogen) atoms. The SMILES string of the molecule is Cc1cccc(C(C)C)c1NC(=O)c1csc(-c2cccs2)n1. The number of anilines is 1. The van der Waals surface area contributed by atoms with Crippen molar-refractivity contribution in [2.75, 3.05) is 5.32 Å². The quantitative estimate of drug-likeness (QED) is 0.675. The number of nitrogens with zero attached hydrogens (tertiary/aromatic N) is 1. The van der Waals surface area contributed by atoms with E-state index in [1.54, 1.807) is 11.3 Å². The number of carbonyl (C=O) groups is 1. The molecule has 5 heteroatoms. The van der Waals surface area contributed by atoms with Gasteiger partial charge in [-0.2, -0.15) is 0 Å². The second-order valence-corrected chi connectivity index (χ2v) is 7.47. The molecule has 3 nitrogen and oxygen atoms in total. The van der Waals surface area contributed by atoms with E-state index in [1.807, 2.05) is 41.9 Å². The van der Waals surface area contributed by atoms with Crippen molar-refractivity contribution >= 4 is 34.3 Å². The van der Waals surface area contributed by atoms with Gasteiger partial charge < -0.3 is 5.32 Å². The summed E-state index contributed by atoms with van der Waals surface area (Å²) in [5.41, 5.74) is 3.58. The van der Waals surface area contributed by atoms with Crippen LogP contribution in [0.25, 0.3) is 9.88 Å². The van der Waals surface area contributed by atoms with Gasteiger partial charge in [-0.1, -0.05) is 38.1 Å². The molecule has 0 unspecified atom stereocenters. The van der Waals surface area contributed by atoms with Crippen LogP contribution in [0.5, 0.6) is 0 Å². The van der Waals surface area contributed by atoms with Crippen LogP contribution in [0.3, 0.4) is 0 Å². The Morgan fingerprint density at radius 2 is 2.00 bits per heavy atom. The summed E-state index contributed by atoms with van der Waals surface area (Å²) in [6, 6.07) is 10.1. The highest BCUT2D eigenvalue weighted by atomic mass is 32.1. The number of thiazole rings is 1. The molecule has 0 fully saturated rings. The van der Waals surface area contributed by atoms with E-state index in [2.05, 4.69) is 30.2 Å². The van der Waals surface area contributed by atoms with Crippen LogP contribution in [0.1, 0.15) is 41.4 Å². The first-order valence-electron chi connectivity index (χ1n) is 7.46. The first-order valence-corrected chi connectivity index (χ1v) is 9.22. The van der Waals surface area contributed by atoms with Crippen molar-refractivity contribution in [2.24, 2.45) is 0 Å². The minimum Gasteiger partial charge on any atom is -0.320 e. The molecule has 0 saturated carbocycles. The summed E-state index contributed by atoms with van der Waals surface area (Å²) in [6.45, 7) is 6.27. The zero-order chi connectivity index (χ0) is 16.4. The van der Waals surface area contributed by atoms with Gasteiger partial charge in [0.15, 0.2) is 0 Å². The zero-order valence-corrected chi connectivity index (χ0v) is 14.9. The molecule has 0 atom stereocenters. The molecule has 3 aromatic rings. The van der Waals surface area contributed by atoms with E-state index in [0.29, 0.717) is 11.6 Å². The number of thiophene rings is 1. The van der Waals surface area contributed by atoms with Crippen LogP contribution in [0.15, 0.2) is 41.1 Å². The number of hydrogen-bond acceptors (Lipinski definition) is 4. The molecule has 0 aliphatic heterocycles. The number of aryl methyl sites for hydroxylation is 1. The summed E-state index contributed by atoms with van der Waals surface area (Å²) in [7, 11) is 0. The first kappa shape index (κ1) is 15.9. The van der Waals surface area contributed by atoms with Gasteiger partial charge in [0.2, 0.25) is 0 Å². The van der Waals surface area contributed by atoms with Crippen molar-refractivity contribution in [2.45, 2.75) is 26.7 Å². The molecule has 0 bridgehead atoms. The zero-order valence-electron chi connectivity index (χ0n) is 13.3. The van der Waals surface area contributed by atoms with E-state index in [9.17, 15) is 4.79 Å². The molecule has 2 heterocycles. The van der Waals surface area contributed by atoms with Gasteiger partial charge in [-0.25, -0.2) is 4.98 Å². The number of nitrogens with one attached hydrogen (secondary N) is 1. The van der Waals surface area contributed by atoms with Crippen LogP contribution in [0, 0.1) is 6.92 Å². The number of hydrogen-bond donors (Lipinski definition) is 1. The average Bonchev–Trinajstić information content (AvgIpc) is 3.19. The molecule has 0 aliphatic rings. The van der Waals surface area contributed by atoms with E-state index < -0.39 is 0 Å². The normalized spacial score (nSPS) is 11.0. The number of amides is 1. The summed E-state index contributed by atoms with van der Waals surface area (Å²) in [5.74, 6) is 0.197. The lowest BCUT2D eigenvalue weighted by molar-refractivity contribution is 0.102. The fourth-order valence-electron chi connectivity index (χ4n) is 2.41. The first-order chi connectivity index (χ1) is 11.1. The molecule has 3 rings (SSSR count). The Balaban J connectivity index is 1.86. The Labute approximate surface area is 144 Å². The molecule has 118 valence electrons. The highest BCUT2D eigenvalue weighted by Gasteiger charge is 2.16. The van der Waals surface area contributed by atoms with Crippen molar-refractivity contribution in [1.82, 2.24) is 4.98 Å². The Morgan fingerprint density at radius 1 is 1.17 bits per heavy atom. The van der Waals surface area contributed by atoms with Crippen molar-refractivity contribution in [1.29, 1.82) is 0 Å². The van der Waals surface area contributed by atoms with E-state index >= 15 is 0 Å². The largest absolute Gasteiger partial charge is 0.320 e. The summed E-state index contributed by atoms with van der Waals surface area (Å²) in [6.07, 6.45) is 0. The summed E-state index contributed by atoms with van der Waals surface area (Å²) in [4.78, 5) is 18.1. The second-order valence-electron chi connectivity index (χ2n) is 5.66.